The van der Waals surface area contributed by atoms with Crippen molar-refractivity contribution in [2.75, 3.05) is 13.1 Å². The van der Waals surface area contributed by atoms with Crippen LogP contribution in [0.2, 0.25) is 0 Å². The van der Waals surface area contributed by atoms with E-state index in [-0.39, 0.29) is 23.4 Å². The molecule has 1 aliphatic rings. The zero-order valence-electron chi connectivity index (χ0n) is 9.55. The quantitative estimate of drug-likeness (QED) is 0.851. The first kappa shape index (κ1) is 14.4. The minimum absolute atomic E-state index is 0. The maximum Gasteiger partial charge on any atom is 0.297 e. The zero-order valence-corrected chi connectivity index (χ0v) is 11.2. The van der Waals surface area contributed by atoms with Crippen molar-refractivity contribution in [1.82, 2.24) is 5.32 Å². The molecule has 0 aromatic heterocycles. The van der Waals surface area contributed by atoms with Crippen molar-refractivity contribution in [2.24, 2.45) is 0 Å². The summed E-state index contributed by atoms with van der Waals surface area (Å²) in [6.07, 6.45) is 0.511. The minimum Gasteiger partial charge on any atom is -0.314 e. The van der Waals surface area contributed by atoms with Gasteiger partial charge in [-0.15, -0.1) is 12.4 Å². The molecule has 0 saturated carbocycles. The Labute approximate surface area is 108 Å². The SMILES string of the molecule is Cc1ccc(S(=O)(=O)O[C@@H]2CCNC2)cc1.Cl. The van der Waals surface area contributed by atoms with E-state index in [1.165, 1.54) is 0 Å². The number of halogens is 1. The highest BCUT2D eigenvalue weighted by Crippen LogP contribution is 2.17. The van der Waals surface area contributed by atoms with Crippen LogP contribution in [0, 0.1) is 6.92 Å². The predicted octanol–water partition coefficient (Wildman–Crippen LogP) is 1.48. The van der Waals surface area contributed by atoms with Crippen LogP contribution in [-0.4, -0.2) is 27.6 Å². The van der Waals surface area contributed by atoms with Gasteiger partial charge < -0.3 is 5.32 Å². The van der Waals surface area contributed by atoms with Crippen LogP contribution < -0.4 is 5.32 Å². The van der Waals surface area contributed by atoms with E-state index < -0.39 is 10.1 Å². The van der Waals surface area contributed by atoms with Gasteiger partial charge in [0.2, 0.25) is 0 Å². The lowest BCUT2D eigenvalue weighted by atomic mass is 10.2. The highest BCUT2D eigenvalue weighted by Gasteiger charge is 2.24. The third-order valence-electron chi connectivity index (χ3n) is 2.59. The van der Waals surface area contributed by atoms with Gasteiger partial charge in [-0.25, -0.2) is 0 Å². The second-order valence-electron chi connectivity index (χ2n) is 3.98. The van der Waals surface area contributed by atoms with Gasteiger partial charge in [-0.05, 0) is 32.0 Å². The van der Waals surface area contributed by atoms with Crippen molar-refractivity contribution in [1.29, 1.82) is 0 Å². The van der Waals surface area contributed by atoms with E-state index in [0.717, 1.165) is 18.5 Å². The summed E-state index contributed by atoms with van der Waals surface area (Å²) in [6.45, 7) is 3.33. The van der Waals surface area contributed by atoms with Crippen LogP contribution in [0.5, 0.6) is 0 Å². The number of benzene rings is 1. The second-order valence-corrected chi connectivity index (χ2v) is 5.55. The van der Waals surface area contributed by atoms with Crippen molar-refractivity contribution in [3.63, 3.8) is 0 Å². The monoisotopic (exact) mass is 277 g/mol. The molecule has 0 amide bonds. The standard InChI is InChI=1S/C11H15NO3S.ClH/c1-9-2-4-11(5-3-9)16(13,14)15-10-6-7-12-8-10;/h2-5,10,12H,6-8H2,1H3;1H/t10-;/m1./s1. The molecule has 1 saturated heterocycles. The number of hydrogen-bond donors (Lipinski definition) is 1. The van der Waals surface area contributed by atoms with Crippen LogP contribution in [0.15, 0.2) is 29.2 Å². The Hall–Kier alpha value is -0.620. The lowest BCUT2D eigenvalue weighted by molar-refractivity contribution is 0.230. The Balaban J connectivity index is 0.00000144. The van der Waals surface area contributed by atoms with Gasteiger partial charge in [0.25, 0.3) is 10.1 Å². The molecule has 0 unspecified atom stereocenters. The van der Waals surface area contributed by atoms with E-state index in [0.29, 0.717) is 6.54 Å². The van der Waals surface area contributed by atoms with Crippen LogP contribution in [-0.2, 0) is 14.3 Å². The molecule has 0 bridgehead atoms. The molecule has 1 aromatic carbocycles. The average Bonchev–Trinajstić information content (AvgIpc) is 2.70. The molecular weight excluding hydrogens is 262 g/mol. The summed E-state index contributed by atoms with van der Waals surface area (Å²) in [4.78, 5) is 0.227. The topological polar surface area (TPSA) is 55.4 Å². The van der Waals surface area contributed by atoms with Gasteiger partial charge >= 0.3 is 0 Å². The van der Waals surface area contributed by atoms with Crippen LogP contribution in [0.1, 0.15) is 12.0 Å². The fraction of sp³-hybridized carbons (Fsp3) is 0.455. The first-order chi connectivity index (χ1) is 7.58. The number of aryl methyl sites for hydroxylation is 1. The van der Waals surface area contributed by atoms with Crippen molar-refractivity contribution in [2.45, 2.75) is 24.3 Å². The normalized spacial score (nSPS) is 19.9. The lowest BCUT2D eigenvalue weighted by Gasteiger charge is -2.10. The van der Waals surface area contributed by atoms with Gasteiger partial charge in [-0.3, -0.25) is 4.18 Å². The van der Waals surface area contributed by atoms with Crippen LogP contribution >= 0.6 is 12.4 Å². The Kier molecular flexibility index (Phi) is 4.94. The molecule has 1 N–H and O–H groups in total. The molecule has 1 aliphatic heterocycles. The molecule has 1 aromatic rings. The molecule has 1 heterocycles. The van der Waals surface area contributed by atoms with E-state index in [2.05, 4.69) is 5.32 Å². The fourth-order valence-electron chi connectivity index (χ4n) is 1.65. The largest absolute Gasteiger partial charge is 0.314 e. The Morgan fingerprint density at radius 3 is 2.47 bits per heavy atom. The summed E-state index contributed by atoms with van der Waals surface area (Å²) >= 11 is 0. The van der Waals surface area contributed by atoms with Gasteiger partial charge in [-0.2, -0.15) is 8.42 Å². The number of hydrogen-bond acceptors (Lipinski definition) is 4. The Morgan fingerprint density at radius 1 is 1.29 bits per heavy atom. The van der Waals surface area contributed by atoms with Crippen LogP contribution in [0.3, 0.4) is 0 Å². The smallest absolute Gasteiger partial charge is 0.297 e. The van der Waals surface area contributed by atoms with Crippen molar-refractivity contribution in [3.8, 4) is 0 Å². The summed E-state index contributed by atoms with van der Waals surface area (Å²) < 4.78 is 28.8. The van der Waals surface area contributed by atoms with Gasteiger partial charge in [-0.1, -0.05) is 17.7 Å². The van der Waals surface area contributed by atoms with Crippen LogP contribution in [0.25, 0.3) is 0 Å². The Bertz CT molecular complexity index is 452. The average molecular weight is 278 g/mol. The van der Waals surface area contributed by atoms with E-state index >= 15 is 0 Å². The van der Waals surface area contributed by atoms with E-state index in [4.69, 9.17) is 4.18 Å². The molecule has 6 heteroatoms. The number of nitrogens with one attached hydrogen (secondary N) is 1. The molecular formula is C11H16ClNO3S. The van der Waals surface area contributed by atoms with E-state index in [1.807, 2.05) is 6.92 Å². The molecule has 0 aliphatic carbocycles. The van der Waals surface area contributed by atoms with Gasteiger partial charge in [0.05, 0.1) is 11.0 Å². The first-order valence-corrected chi connectivity index (χ1v) is 6.69. The second kappa shape index (κ2) is 5.82. The summed E-state index contributed by atoms with van der Waals surface area (Å²) in [7, 11) is -3.60. The maximum atomic E-state index is 11.8. The molecule has 0 spiro atoms. The van der Waals surface area contributed by atoms with Crippen molar-refractivity contribution < 1.29 is 12.6 Å². The van der Waals surface area contributed by atoms with Gasteiger partial charge in [0.1, 0.15) is 0 Å². The highest BCUT2D eigenvalue weighted by molar-refractivity contribution is 7.86. The molecule has 17 heavy (non-hydrogen) atoms. The van der Waals surface area contributed by atoms with Crippen LogP contribution in [0.4, 0.5) is 0 Å². The molecule has 1 atom stereocenters. The zero-order chi connectivity index (χ0) is 11.6. The van der Waals surface area contributed by atoms with E-state index in [9.17, 15) is 8.42 Å². The van der Waals surface area contributed by atoms with Gasteiger partial charge in [0.15, 0.2) is 0 Å². The van der Waals surface area contributed by atoms with Crippen molar-refractivity contribution >= 4 is 22.5 Å². The number of rotatable bonds is 3. The minimum atomic E-state index is -3.60. The molecule has 1 fully saturated rings. The van der Waals surface area contributed by atoms with Crippen molar-refractivity contribution in [3.05, 3.63) is 29.8 Å². The summed E-state index contributed by atoms with van der Waals surface area (Å²) in [5, 5.41) is 3.07. The Morgan fingerprint density at radius 2 is 1.94 bits per heavy atom. The first-order valence-electron chi connectivity index (χ1n) is 5.28. The highest BCUT2D eigenvalue weighted by atomic mass is 35.5. The molecule has 96 valence electrons. The lowest BCUT2D eigenvalue weighted by Crippen LogP contribution is -2.21. The summed E-state index contributed by atoms with van der Waals surface area (Å²) in [5.74, 6) is 0. The van der Waals surface area contributed by atoms with E-state index in [1.54, 1.807) is 24.3 Å². The fourth-order valence-corrected chi connectivity index (χ4v) is 2.75. The van der Waals surface area contributed by atoms with Gasteiger partial charge in [0, 0.05) is 6.54 Å². The third-order valence-corrected chi connectivity index (χ3v) is 3.96. The summed E-state index contributed by atoms with van der Waals surface area (Å²) in [6, 6.07) is 6.69. The third kappa shape index (κ3) is 3.67. The predicted molar refractivity (Wildman–Crippen MR) is 68.0 cm³/mol. The molecule has 0 radical (unpaired) electrons. The summed E-state index contributed by atoms with van der Waals surface area (Å²) in [5.41, 5.74) is 1.03. The molecule has 2 rings (SSSR count). The maximum absolute atomic E-state index is 11.8. The molecule has 4 nitrogen and oxygen atoms in total.